The van der Waals surface area contributed by atoms with Crippen molar-refractivity contribution >= 4 is 101 Å². The van der Waals surface area contributed by atoms with E-state index in [4.69, 9.17) is 5.48 Å². The van der Waals surface area contributed by atoms with Crippen LogP contribution in [-0.4, -0.2) is 15.8 Å². The summed E-state index contributed by atoms with van der Waals surface area (Å²) in [5.41, 5.74) is 12.2. The van der Waals surface area contributed by atoms with Gasteiger partial charge in [-0.05, 0) is 163 Å². The molecular formula is C91H77BN4. The molecule has 4 heterocycles. The summed E-state index contributed by atoms with van der Waals surface area (Å²) in [4.78, 5) is 4.39. The van der Waals surface area contributed by atoms with Crippen LogP contribution in [0.1, 0.15) is 104 Å². The van der Waals surface area contributed by atoms with Crippen molar-refractivity contribution in [3.8, 4) is 55.9 Å². The minimum atomic E-state index is -2.19. The molecule has 17 rings (SSSR count). The van der Waals surface area contributed by atoms with Crippen molar-refractivity contribution in [2.45, 2.75) is 79.5 Å². The Morgan fingerprint density at radius 2 is 0.646 bits per heavy atom. The van der Waals surface area contributed by atoms with E-state index < -0.39 is 126 Å². The first-order chi connectivity index (χ1) is 54.0. The van der Waals surface area contributed by atoms with E-state index in [1.54, 1.807) is 12.1 Å². The normalized spacial score (nSPS) is 15.8. The lowest BCUT2D eigenvalue weighted by atomic mass is 9.33. The molecule has 0 amide bonds. The molecule has 0 aliphatic carbocycles. The Morgan fingerprint density at radius 1 is 0.344 bits per heavy atom. The monoisotopic (exact) mass is 1250 g/mol. The summed E-state index contributed by atoms with van der Waals surface area (Å²) in [5.74, 6) is 0. The van der Waals surface area contributed by atoms with Crippen molar-refractivity contribution in [3.63, 3.8) is 0 Å². The van der Waals surface area contributed by atoms with E-state index in [0.29, 0.717) is 50.5 Å². The van der Waals surface area contributed by atoms with E-state index in [1.165, 1.54) is 9.13 Å². The van der Waals surface area contributed by atoms with Gasteiger partial charge >= 0.3 is 0 Å². The highest BCUT2D eigenvalue weighted by molar-refractivity contribution is 7.00. The highest BCUT2D eigenvalue weighted by Crippen LogP contribution is 2.55. The van der Waals surface area contributed by atoms with Gasteiger partial charge in [-0.1, -0.05) is 268 Å². The van der Waals surface area contributed by atoms with Crippen LogP contribution in [-0.2, 0) is 17.2 Å². The number of nitrogens with zero attached hydrogens (tertiary/aromatic N) is 4. The molecule has 0 fully saturated rings. The van der Waals surface area contributed by atoms with Gasteiger partial charge in [0.15, 0.2) is 0 Å². The first-order valence-corrected chi connectivity index (χ1v) is 32.6. The lowest BCUT2D eigenvalue weighted by molar-refractivity contribution is 0.411. The van der Waals surface area contributed by atoms with Gasteiger partial charge in [-0.25, -0.2) is 0 Å². The van der Waals surface area contributed by atoms with Gasteiger partial charge in [0.05, 0.1) is 55.4 Å². The average molecular weight is 1260 g/mol. The minimum absolute atomic E-state index is 0.0926. The van der Waals surface area contributed by atoms with Crippen molar-refractivity contribution in [1.82, 2.24) is 9.13 Å². The summed E-state index contributed by atoms with van der Waals surface area (Å²) in [6.07, 6.45) is -2.19. The third kappa shape index (κ3) is 9.72. The molecule has 464 valence electrons. The van der Waals surface area contributed by atoms with E-state index in [9.17, 15) is 19.2 Å². The minimum Gasteiger partial charge on any atom is -0.310 e. The van der Waals surface area contributed by atoms with Gasteiger partial charge in [-0.2, -0.15) is 0 Å². The molecule has 4 nitrogen and oxygen atoms in total. The molecule has 0 unspecified atom stereocenters. The van der Waals surface area contributed by atoms with Gasteiger partial charge < -0.3 is 18.9 Å². The summed E-state index contributed by atoms with van der Waals surface area (Å²) in [6.45, 7) is 17.7. The zero-order valence-electron chi connectivity index (χ0n) is 72.8. The lowest BCUT2D eigenvalue weighted by Gasteiger charge is -2.46. The summed E-state index contributed by atoms with van der Waals surface area (Å²) in [6, 6.07) is 55.7. The number of rotatable bonds is 9. The molecule has 2 aliphatic rings. The molecule has 0 spiro atoms. The fourth-order valence-electron chi connectivity index (χ4n) is 14.6. The Kier molecular flexibility index (Phi) is 9.90. The maximum Gasteiger partial charge on any atom is 0.252 e. The van der Waals surface area contributed by atoms with Crippen LogP contribution in [0.15, 0.2) is 291 Å². The number of fused-ring (bicyclic) bond motifs is 10. The smallest absolute Gasteiger partial charge is 0.252 e. The van der Waals surface area contributed by atoms with E-state index in [2.05, 4.69) is 124 Å². The number of aromatic nitrogens is 2. The van der Waals surface area contributed by atoms with Crippen molar-refractivity contribution in [3.05, 3.63) is 307 Å². The first-order valence-electron chi connectivity index (χ1n) is 41.6. The van der Waals surface area contributed by atoms with Crippen molar-refractivity contribution in [2.75, 3.05) is 9.80 Å². The first kappa shape index (κ1) is 42.5. The number of anilines is 6. The van der Waals surface area contributed by atoms with Crippen molar-refractivity contribution < 1.29 is 24.7 Å². The quantitative estimate of drug-likeness (QED) is 0.134. The van der Waals surface area contributed by atoms with Crippen molar-refractivity contribution in [2.24, 2.45) is 5.41 Å². The van der Waals surface area contributed by atoms with Gasteiger partial charge in [0.2, 0.25) is 0 Å². The molecule has 5 heteroatoms. The van der Waals surface area contributed by atoms with Crippen molar-refractivity contribution in [1.29, 1.82) is 0 Å². The number of hydrogen-bond donors (Lipinski definition) is 0. The Hall–Kier alpha value is -10.9. The van der Waals surface area contributed by atoms with Crippen LogP contribution in [0, 0.1) is 5.41 Å². The molecule has 96 heavy (non-hydrogen) atoms. The standard InChI is InChI=1S/C91H77BN4/c1-89(2,3)58-59-50-84-86-85(51-59)96(88-74(62-34-18-12-19-35-62)54-65(91(7,8)9)55-75(88)63-36-20-13-21-37-63)83-57-67(94-80-44-28-24-40-70(80)71-41-25-29-45-81(71)94)47-49-77(83)92(86)76-48-46-66(93-78-42-26-22-38-68(78)69-39-23-27-43-79(69)93)56-82(76)95(84)87-72(60-30-14-10-15-31-60)52-64(90(4,5)6)53-73(87)61-32-16-11-17-33-61/h10-57H,58H2,1-9H3/i22D,23D,24D,25D,26D,27D,28D,29D,38D,39D,40D,41D,42D,43D,44D,45D,58D2. The third-order valence-corrected chi connectivity index (χ3v) is 18.9. The third-order valence-electron chi connectivity index (χ3n) is 18.9. The molecule has 2 aromatic heterocycles. The van der Waals surface area contributed by atoms with Gasteiger partial charge in [0.25, 0.3) is 6.71 Å². The summed E-state index contributed by atoms with van der Waals surface area (Å²) in [5, 5.41) is -0.430. The van der Waals surface area contributed by atoms with E-state index >= 15 is 0 Å². The lowest BCUT2D eigenvalue weighted by Crippen LogP contribution is -2.61. The SMILES string of the molecule is [2H]c1c([2H])c([2H])c2c(c1[2H])c1c([2H])c([2H])c([2H])c([2H])c1n2-c1ccc2c(c1)N(c1c(-c3ccccc3)cc(C(C)(C)C)cc1-c1ccccc1)c1cc(C([2H])([2H])C(C)(C)C)cc3c1B2c1ccc(-n2c4c([2H])c([2H])c([2H])c([2H])c4c4c([2H])c([2H])c([2H])c([2H])c42)cc1N3c1c(-c2ccccc2)cc(C(C)(C)C)cc1-c1ccccc1. The molecule has 15 aromatic rings. The van der Waals surface area contributed by atoms with Crippen LogP contribution in [0.4, 0.5) is 34.1 Å². The van der Waals surface area contributed by atoms with Crippen LogP contribution in [0.2, 0.25) is 0 Å². The fraction of sp³-hybridized carbons (Fsp3) is 0.143. The number of para-hydroxylation sites is 4. The molecule has 0 radical (unpaired) electrons. The summed E-state index contributed by atoms with van der Waals surface area (Å²) < 4.78 is 176. The summed E-state index contributed by atoms with van der Waals surface area (Å²) >= 11 is 0. The van der Waals surface area contributed by atoms with Crippen LogP contribution >= 0.6 is 0 Å². The molecule has 0 saturated heterocycles. The second-order valence-electron chi connectivity index (χ2n) is 28.3. The molecule has 0 N–H and O–H groups in total. The second kappa shape index (κ2) is 22.4. The fourth-order valence-corrected chi connectivity index (χ4v) is 14.6. The van der Waals surface area contributed by atoms with Gasteiger partial charge in [0, 0.05) is 80.7 Å². The van der Waals surface area contributed by atoms with Crippen LogP contribution in [0.5, 0.6) is 0 Å². The predicted molar refractivity (Wildman–Crippen MR) is 411 cm³/mol. The van der Waals surface area contributed by atoms with Gasteiger partial charge in [-0.15, -0.1) is 0 Å². The maximum atomic E-state index is 10.8. The van der Waals surface area contributed by atoms with E-state index in [0.717, 1.165) is 55.6 Å². The molecule has 0 atom stereocenters. The molecule has 0 saturated carbocycles. The second-order valence-corrected chi connectivity index (χ2v) is 28.3. The topological polar surface area (TPSA) is 16.3 Å². The maximum absolute atomic E-state index is 10.8. The number of benzene rings is 13. The van der Waals surface area contributed by atoms with Crippen LogP contribution in [0.25, 0.3) is 99.5 Å². The zero-order chi connectivity index (χ0) is 81.1. The largest absolute Gasteiger partial charge is 0.310 e. The molecular weight excluding hydrogens is 1160 g/mol. The summed E-state index contributed by atoms with van der Waals surface area (Å²) in [7, 11) is 0. The highest BCUT2D eigenvalue weighted by Gasteiger charge is 2.46. The predicted octanol–water partition coefficient (Wildman–Crippen LogP) is 22.8. The molecule has 13 aromatic carbocycles. The Labute approximate surface area is 590 Å². The Morgan fingerprint density at radius 3 is 0.938 bits per heavy atom. The average Bonchev–Trinajstić information content (AvgIpc) is 0.810. The van der Waals surface area contributed by atoms with E-state index in [1.807, 2.05) is 130 Å². The number of hydrogen-bond acceptors (Lipinski definition) is 2. The Balaban J connectivity index is 1.13. The van der Waals surface area contributed by atoms with E-state index in [-0.39, 0.29) is 60.5 Å². The molecule has 0 bridgehead atoms. The van der Waals surface area contributed by atoms with Gasteiger partial charge in [0.1, 0.15) is 0 Å². The van der Waals surface area contributed by atoms with Gasteiger partial charge in [-0.3, -0.25) is 0 Å². The molecule has 2 aliphatic heterocycles. The van der Waals surface area contributed by atoms with Crippen LogP contribution < -0.4 is 26.2 Å². The van der Waals surface area contributed by atoms with Crippen LogP contribution in [0.3, 0.4) is 0 Å². The highest BCUT2D eigenvalue weighted by atomic mass is 15.2. The zero-order valence-corrected chi connectivity index (χ0v) is 54.8. The Bertz CT molecular complexity index is 6000.